The van der Waals surface area contributed by atoms with Crippen molar-refractivity contribution in [1.82, 2.24) is 25.2 Å². The Morgan fingerprint density at radius 1 is 1.04 bits per heavy atom. The zero-order chi connectivity index (χ0) is 19.1. The molecule has 2 aromatic rings. The van der Waals surface area contributed by atoms with Gasteiger partial charge in [-0.3, -0.25) is 14.5 Å². The van der Waals surface area contributed by atoms with Crippen LogP contribution in [0, 0.1) is 0 Å². The summed E-state index contributed by atoms with van der Waals surface area (Å²) in [7, 11) is 0. The minimum atomic E-state index is -1.09. The number of rotatable bonds is 5. The molecule has 10 heteroatoms. The molecule has 0 saturated carbocycles. The molecular weight excluding hydrogens is 354 g/mol. The van der Waals surface area contributed by atoms with Crippen LogP contribution in [0.2, 0.25) is 0 Å². The SMILES string of the molecule is O=C1c2ccccc2C(=O)N1Cc1cnnn1C[C@H]1N[C@H](CO)[C@@H](O)[C@@H]1O. The summed E-state index contributed by atoms with van der Waals surface area (Å²) in [6.45, 7) is -0.157. The van der Waals surface area contributed by atoms with Crippen molar-refractivity contribution in [2.45, 2.75) is 37.4 Å². The highest BCUT2D eigenvalue weighted by molar-refractivity contribution is 6.21. The molecule has 0 aliphatic carbocycles. The lowest BCUT2D eigenvalue weighted by molar-refractivity contribution is 0.0174. The molecule has 0 bridgehead atoms. The third kappa shape index (κ3) is 2.92. The number of carbonyl (C=O) groups is 2. The second-order valence-electron chi connectivity index (χ2n) is 6.69. The van der Waals surface area contributed by atoms with Crippen LogP contribution in [0.25, 0.3) is 0 Å². The highest BCUT2D eigenvalue weighted by Gasteiger charge is 2.41. The third-order valence-electron chi connectivity index (χ3n) is 5.07. The van der Waals surface area contributed by atoms with Crippen LogP contribution in [0.3, 0.4) is 0 Å². The number of benzene rings is 1. The molecule has 2 aliphatic rings. The van der Waals surface area contributed by atoms with E-state index >= 15 is 0 Å². The summed E-state index contributed by atoms with van der Waals surface area (Å²) in [5.74, 6) is -0.753. The molecule has 2 amide bonds. The van der Waals surface area contributed by atoms with E-state index in [-0.39, 0.29) is 31.5 Å². The van der Waals surface area contributed by atoms with Crippen LogP contribution in [-0.2, 0) is 13.1 Å². The number of amides is 2. The summed E-state index contributed by atoms with van der Waals surface area (Å²) in [5.41, 5.74) is 1.24. The van der Waals surface area contributed by atoms with Gasteiger partial charge in [0.05, 0.1) is 67.0 Å². The normalized spacial score (nSPS) is 27.4. The maximum absolute atomic E-state index is 12.5. The lowest BCUT2D eigenvalue weighted by Gasteiger charge is -2.18. The van der Waals surface area contributed by atoms with Gasteiger partial charge in [0.15, 0.2) is 0 Å². The first-order valence-corrected chi connectivity index (χ1v) is 8.57. The summed E-state index contributed by atoms with van der Waals surface area (Å²) < 4.78 is 1.47. The Kier molecular flexibility index (Phi) is 4.48. The van der Waals surface area contributed by atoms with Crippen molar-refractivity contribution < 1.29 is 24.9 Å². The van der Waals surface area contributed by atoms with E-state index in [0.717, 1.165) is 4.90 Å². The van der Waals surface area contributed by atoms with Gasteiger partial charge in [0.2, 0.25) is 0 Å². The van der Waals surface area contributed by atoms with Gasteiger partial charge < -0.3 is 20.6 Å². The molecule has 1 aromatic heterocycles. The molecule has 4 rings (SSSR count). The average Bonchev–Trinajstić information content (AvgIpc) is 3.30. The van der Waals surface area contributed by atoms with Gasteiger partial charge in [0.25, 0.3) is 11.8 Å². The van der Waals surface area contributed by atoms with E-state index in [0.29, 0.717) is 16.8 Å². The smallest absolute Gasteiger partial charge is 0.261 e. The largest absolute Gasteiger partial charge is 0.395 e. The van der Waals surface area contributed by atoms with Crippen LogP contribution in [0.15, 0.2) is 30.5 Å². The first-order valence-electron chi connectivity index (χ1n) is 8.57. The Morgan fingerprint density at radius 2 is 1.67 bits per heavy atom. The minimum absolute atomic E-state index is 0.00581. The second kappa shape index (κ2) is 6.82. The van der Waals surface area contributed by atoms with E-state index in [9.17, 15) is 24.9 Å². The molecule has 1 fully saturated rings. The van der Waals surface area contributed by atoms with Gasteiger partial charge in [-0.15, -0.1) is 5.10 Å². The standard InChI is InChI=1S/C17H19N5O5/c23-8-13-15(25)14(24)12(19-13)7-22-9(5-18-20-22)6-21-16(26)10-3-1-2-4-11(10)17(21)27/h1-5,12-15,19,23-25H,6-8H2/t12-,13-,14-,15-/m1/s1. The van der Waals surface area contributed by atoms with Gasteiger partial charge in [-0.05, 0) is 12.1 Å². The number of aromatic nitrogens is 3. The molecule has 0 unspecified atom stereocenters. The Bertz CT molecular complexity index is 849. The fourth-order valence-corrected chi connectivity index (χ4v) is 3.56. The number of aliphatic hydroxyl groups excluding tert-OH is 3. The number of fused-ring (bicyclic) bond motifs is 1. The van der Waals surface area contributed by atoms with Crippen molar-refractivity contribution in [1.29, 1.82) is 0 Å². The first-order chi connectivity index (χ1) is 13.0. The van der Waals surface area contributed by atoms with Crippen LogP contribution >= 0.6 is 0 Å². The molecule has 0 radical (unpaired) electrons. The molecule has 10 nitrogen and oxygen atoms in total. The van der Waals surface area contributed by atoms with Crippen molar-refractivity contribution >= 4 is 11.8 Å². The van der Waals surface area contributed by atoms with Gasteiger partial charge in [0, 0.05) is 0 Å². The number of carbonyl (C=O) groups excluding carboxylic acids is 2. The maximum atomic E-state index is 12.5. The quantitative estimate of drug-likeness (QED) is 0.447. The van der Waals surface area contributed by atoms with E-state index in [4.69, 9.17) is 0 Å². The average molecular weight is 373 g/mol. The number of aliphatic hydroxyl groups is 3. The van der Waals surface area contributed by atoms with E-state index in [1.54, 1.807) is 24.3 Å². The van der Waals surface area contributed by atoms with Gasteiger partial charge in [-0.1, -0.05) is 17.3 Å². The molecule has 1 aromatic carbocycles. The second-order valence-corrected chi connectivity index (χ2v) is 6.69. The third-order valence-corrected chi connectivity index (χ3v) is 5.07. The summed E-state index contributed by atoms with van der Waals surface area (Å²) in [4.78, 5) is 26.1. The van der Waals surface area contributed by atoms with E-state index in [1.807, 2.05) is 0 Å². The highest BCUT2D eigenvalue weighted by atomic mass is 16.3. The van der Waals surface area contributed by atoms with Gasteiger partial charge in [0.1, 0.15) is 0 Å². The highest BCUT2D eigenvalue weighted by Crippen LogP contribution is 2.24. The fraction of sp³-hybridized carbons (Fsp3) is 0.412. The van der Waals surface area contributed by atoms with Crippen molar-refractivity contribution in [2.75, 3.05) is 6.61 Å². The summed E-state index contributed by atoms with van der Waals surface area (Å²) in [5, 5.41) is 40.0. The molecule has 2 aliphatic heterocycles. The monoisotopic (exact) mass is 373 g/mol. The van der Waals surface area contributed by atoms with Crippen LogP contribution in [0.5, 0.6) is 0 Å². The zero-order valence-corrected chi connectivity index (χ0v) is 14.3. The Hall–Kier alpha value is -2.66. The topological polar surface area (TPSA) is 141 Å². The lowest BCUT2D eigenvalue weighted by atomic mass is 10.1. The predicted molar refractivity (Wildman–Crippen MR) is 90.5 cm³/mol. The Labute approximate surface area is 154 Å². The predicted octanol–water partition coefficient (Wildman–Crippen LogP) is -1.87. The summed E-state index contributed by atoms with van der Waals surface area (Å²) in [6, 6.07) is 5.44. The molecule has 4 N–H and O–H groups in total. The van der Waals surface area contributed by atoms with Crippen molar-refractivity contribution in [3.05, 3.63) is 47.3 Å². The van der Waals surface area contributed by atoms with Gasteiger partial charge in [-0.25, -0.2) is 4.68 Å². The van der Waals surface area contributed by atoms with Gasteiger partial charge in [-0.2, -0.15) is 0 Å². The van der Waals surface area contributed by atoms with E-state index in [1.165, 1.54) is 10.9 Å². The van der Waals surface area contributed by atoms with Crippen molar-refractivity contribution in [3.63, 3.8) is 0 Å². The number of hydrogen-bond donors (Lipinski definition) is 4. The van der Waals surface area contributed by atoms with Crippen LogP contribution in [0.4, 0.5) is 0 Å². The molecular formula is C17H19N5O5. The minimum Gasteiger partial charge on any atom is -0.395 e. The van der Waals surface area contributed by atoms with Crippen molar-refractivity contribution in [3.8, 4) is 0 Å². The van der Waals surface area contributed by atoms with Gasteiger partial charge >= 0.3 is 0 Å². The van der Waals surface area contributed by atoms with E-state index < -0.39 is 24.3 Å². The molecule has 142 valence electrons. The number of imide groups is 1. The summed E-state index contributed by atoms with van der Waals surface area (Å²) >= 11 is 0. The zero-order valence-electron chi connectivity index (χ0n) is 14.3. The van der Waals surface area contributed by atoms with E-state index in [2.05, 4.69) is 15.6 Å². The van der Waals surface area contributed by atoms with Crippen molar-refractivity contribution in [2.24, 2.45) is 0 Å². The lowest BCUT2D eigenvalue weighted by Crippen LogP contribution is -2.39. The molecule has 27 heavy (non-hydrogen) atoms. The van der Waals surface area contributed by atoms with Crippen LogP contribution in [-0.4, -0.2) is 77.9 Å². The van der Waals surface area contributed by atoms with Crippen LogP contribution < -0.4 is 5.32 Å². The number of nitrogens with one attached hydrogen (secondary N) is 1. The molecule has 4 atom stereocenters. The first kappa shape index (κ1) is 17.7. The Morgan fingerprint density at radius 3 is 2.26 bits per heavy atom. The number of nitrogens with zero attached hydrogens (tertiary/aromatic N) is 4. The van der Waals surface area contributed by atoms with Crippen LogP contribution in [0.1, 0.15) is 26.4 Å². The fourth-order valence-electron chi connectivity index (χ4n) is 3.56. The summed E-state index contributed by atoms with van der Waals surface area (Å²) in [6.07, 6.45) is -0.730. The number of hydrogen-bond acceptors (Lipinski definition) is 8. The molecule has 3 heterocycles. The maximum Gasteiger partial charge on any atom is 0.261 e. The Balaban J connectivity index is 1.51. The molecule has 0 spiro atoms. The molecule has 1 saturated heterocycles.